The van der Waals surface area contributed by atoms with Crippen LogP contribution < -0.4 is 4.74 Å². The van der Waals surface area contributed by atoms with Crippen molar-refractivity contribution in [2.45, 2.75) is 46.1 Å². The van der Waals surface area contributed by atoms with Gasteiger partial charge in [0.15, 0.2) is 11.5 Å². The number of rotatable bonds is 6. The van der Waals surface area contributed by atoms with Gasteiger partial charge in [-0.15, -0.1) is 0 Å². The van der Waals surface area contributed by atoms with Crippen LogP contribution in [0.3, 0.4) is 0 Å². The first-order valence-corrected chi connectivity index (χ1v) is 10.1. The molecule has 1 heterocycles. The average Bonchev–Trinajstić information content (AvgIpc) is 2.65. The second-order valence-electron chi connectivity index (χ2n) is 7.80. The summed E-state index contributed by atoms with van der Waals surface area (Å²) in [7, 11) is 3.24. The van der Waals surface area contributed by atoms with Crippen molar-refractivity contribution >= 4 is 0 Å². The summed E-state index contributed by atoms with van der Waals surface area (Å²) in [5, 5.41) is 9.29. The maximum atomic E-state index is 9.29. The lowest BCUT2D eigenvalue weighted by atomic mass is 9.84. The van der Waals surface area contributed by atoms with Crippen molar-refractivity contribution in [2.24, 2.45) is 5.92 Å². The first kappa shape index (κ1) is 22.1. The van der Waals surface area contributed by atoms with Gasteiger partial charge in [-0.1, -0.05) is 24.6 Å². The molecule has 0 unspecified atom stereocenters. The fraction of sp³-hybridized carbons (Fsp3) is 0.500. The van der Waals surface area contributed by atoms with Crippen LogP contribution >= 0.6 is 0 Å². The zero-order chi connectivity index (χ0) is 20.5. The summed E-state index contributed by atoms with van der Waals surface area (Å²) in [4.78, 5) is 2.62. The highest BCUT2D eigenvalue weighted by Gasteiger charge is 2.23. The Kier molecular flexibility index (Phi) is 8.65. The molecule has 1 aliphatic carbocycles. The van der Waals surface area contributed by atoms with Gasteiger partial charge in [0.05, 0.1) is 14.2 Å². The molecule has 1 saturated carbocycles. The fourth-order valence-electron chi connectivity index (χ4n) is 3.55. The molecule has 1 aromatic carbocycles. The van der Waals surface area contributed by atoms with E-state index in [4.69, 9.17) is 9.47 Å². The molecule has 4 heteroatoms. The van der Waals surface area contributed by atoms with E-state index in [9.17, 15) is 5.11 Å². The van der Waals surface area contributed by atoms with Crippen LogP contribution in [0.4, 0.5) is 0 Å². The summed E-state index contributed by atoms with van der Waals surface area (Å²) in [5.41, 5.74) is 3.99. The van der Waals surface area contributed by atoms with E-state index in [0.717, 1.165) is 23.8 Å². The molecule has 0 aromatic heterocycles. The zero-order valence-electron chi connectivity index (χ0n) is 17.8. The van der Waals surface area contributed by atoms with E-state index in [1.54, 1.807) is 13.2 Å². The lowest BCUT2D eigenvalue weighted by Gasteiger charge is -2.35. The van der Waals surface area contributed by atoms with Crippen LogP contribution in [0.2, 0.25) is 0 Å². The molecule has 0 atom stereocenters. The summed E-state index contributed by atoms with van der Waals surface area (Å²) in [6.45, 7) is 10.9. The molecule has 154 valence electrons. The molecule has 0 radical (unpaired) electrons. The number of nitrogens with zero attached hydrogens (tertiary/aromatic N) is 1. The number of aliphatic hydroxyl groups is 1. The number of allylic oxidation sites excluding steroid dienone is 3. The molecule has 28 heavy (non-hydrogen) atoms. The first-order valence-electron chi connectivity index (χ1n) is 10.1. The number of benzene rings is 1. The van der Waals surface area contributed by atoms with Gasteiger partial charge in [0.25, 0.3) is 0 Å². The van der Waals surface area contributed by atoms with E-state index in [1.165, 1.54) is 63.1 Å². The summed E-state index contributed by atoms with van der Waals surface area (Å²) in [6, 6.07) is 6.53. The van der Waals surface area contributed by atoms with E-state index >= 15 is 0 Å². The van der Waals surface area contributed by atoms with Crippen LogP contribution in [0.5, 0.6) is 5.75 Å². The minimum absolute atomic E-state index is 0.113. The number of methoxy groups -OCH3 is 2. The van der Waals surface area contributed by atoms with Gasteiger partial charge in [-0.2, -0.15) is 0 Å². The van der Waals surface area contributed by atoms with Crippen molar-refractivity contribution in [2.75, 3.05) is 27.3 Å². The van der Waals surface area contributed by atoms with Crippen LogP contribution in [0.25, 0.3) is 0 Å². The molecule has 1 aliphatic heterocycles. The van der Waals surface area contributed by atoms with Crippen molar-refractivity contribution in [3.63, 3.8) is 0 Å². The molecule has 1 fully saturated rings. The fourth-order valence-corrected chi connectivity index (χ4v) is 3.55. The molecule has 0 amide bonds. The van der Waals surface area contributed by atoms with Crippen molar-refractivity contribution in [1.29, 1.82) is 0 Å². The SMILES string of the molecule is C=C/C(OC)=C(/O)C=C(C)C.COc1ccc2c(c1)CCN(CC1CCC1)C2. The third-order valence-electron chi connectivity index (χ3n) is 5.33. The quantitative estimate of drug-likeness (QED) is 0.525. The molecule has 4 nitrogen and oxygen atoms in total. The third kappa shape index (κ3) is 6.45. The summed E-state index contributed by atoms with van der Waals surface area (Å²) < 4.78 is 10.1. The van der Waals surface area contributed by atoms with Gasteiger partial charge in [0, 0.05) is 19.6 Å². The second kappa shape index (κ2) is 11.0. The Morgan fingerprint density at radius 3 is 2.54 bits per heavy atom. The molecule has 3 rings (SSSR count). The number of aliphatic hydroxyl groups excluding tert-OH is 1. The topological polar surface area (TPSA) is 41.9 Å². The zero-order valence-corrected chi connectivity index (χ0v) is 17.8. The highest BCUT2D eigenvalue weighted by molar-refractivity contribution is 5.37. The lowest BCUT2D eigenvalue weighted by molar-refractivity contribution is 0.165. The highest BCUT2D eigenvalue weighted by atomic mass is 16.5. The summed E-state index contributed by atoms with van der Waals surface area (Å²) >= 11 is 0. The smallest absolute Gasteiger partial charge is 0.159 e. The van der Waals surface area contributed by atoms with Crippen molar-refractivity contribution in [3.8, 4) is 5.75 Å². The Morgan fingerprint density at radius 2 is 2.00 bits per heavy atom. The lowest BCUT2D eigenvalue weighted by Crippen LogP contribution is -2.36. The monoisotopic (exact) mass is 385 g/mol. The van der Waals surface area contributed by atoms with Crippen LogP contribution in [0.15, 0.2) is 54.0 Å². The standard InChI is InChI=1S/C15H21NO.C9H14O2/c1-17-15-6-5-14-11-16(8-7-13(14)9-15)10-12-3-2-4-12;1-5-9(11-4)8(10)6-7(2)3/h5-6,9,12H,2-4,7-8,10-11H2,1H3;5-6,10H,1H2,2-4H3/b;9-8-. The molecule has 0 saturated heterocycles. The van der Waals surface area contributed by atoms with Gasteiger partial charge in [0.1, 0.15) is 5.75 Å². The number of hydrogen-bond donors (Lipinski definition) is 1. The summed E-state index contributed by atoms with van der Waals surface area (Å²) in [5.74, 6) is 2.49. The van der Waals surface area contributed by atoms with Crippen molar-refractivity contribution < 1.29 is 14.6 Å². The van der Waals surface area contributed by atoms with Crippen LogP contribution in [0.1, 0.15) is 44.2 Å². The van der Waals surface area contributed by atoms with E-state index < -0.39 is 0 Å². The molecule has 2 aliphatic rings. The molecular weight excluding hydrogens is 350 g/mol. The number of ether oxygens (including phenoxy) is 2. The Balaban J connectivity index is 0.000000224. The third-order valence-corrected chi connectivity index (χ3v) is 5.33. The maximum Gasteiger partial charge on any atom is 0.159 e. The molecular formula is C24H35NO3. The summed E-state index contributed by atoms with van der Waals surface area (Å²) in [6.07, 6.45) is 8.62. The second-order valence-corrected chi connectivity index (χ2v) is 7.80. The maximum absolute atomic E-state index is 9.29. The van der Waals surface area contributed by atoms with E-state index in [1.807, 2.05) is 13.8 Å². The van der Waals surface area contributed by atoms with E-state index in [2.05, 4.69) is 29.7 Å². The molecule has 1 aromatic rings. The van der Waals surface area contributed by atoms with Gasteiger partial charge in [0.2, 0.25) is 0 Å². The predicted octanol–water partition coefficient (Wildman–Crippen LogP) is 5.41. The minimum Gasteiger partial charge on any atom is -0.504 e. The van der Waals surface area contributed by atoms with Gasteiger partial charge < -0.3 is 14.6 Å². The van der Waals surface area contributed by atoms with Crippen LogP contribution in [0, 0.1) is 5.92 Å². The highest BCUT2D eigenvalue weighted by Crippen LogP contribution is 2.30. The van der Waals surface area contributed by atoms with Gasteiger partial charge >= 0.3 is 0 Å². The number of fused-ring (bicyclic) bond motifs is 1. The Bertz CT molecular complexity index is 713. The van der Waals surface area contributed by atoms with Crippen molar-refractivity contribution in [3.05, 3.63) is 65.1 Å². The predicted molar refractivity (Wildman–Crippen MR) is 116 cm³/mol. The van der Waals surface area contributed by atoms with E-state index in [0.29, 0.717) is 5.76 Å². The molecule has 0 bridgehead atoms. The van der Waals surface area contributed by atoms with Crippen molar-refractivity contribution in [1.82, 2.24) is 4.90 Å². The van der Waals surface area contributed by atoms with Gasteiger partial charge in [-0.3, -0.25) is 4.90 Å². The van der Waals surface area contributed by atoms with Crippen LogP contribution in [-0.4, -0.2) is 37.3 Å². The van der Waals surface area contributed by atoms with Crippen LogP contribution in [-0.2, 0) is 17.7 Å². The largest absolute Gasteiger partial charge is 0.504 e. The Morgan fingerprint density at radius 1 is 1.25 bits per heavy atom. The van der Waals surface area contributed by atoms with Gasteiger partial charge in [-0.25, -0.2) is 0 Å². The minimum atomic E-state index is 0.113. The number of hydrogen-bond acceptors (Lipinski definition) is 4. The molecule has 1 N–H and O–H groups in total. The Hall–Kier alpha value is -2.20. The first-order chi connectivity index (χ1) is 13.5. The van der Waals surface area contributed by atoms with E-state index in [-0.39, 0.29) is 5.76 Å². The Labute approximate surface area is 170 Å². The molecule has 0 spiro atoms. The van der Waals surface area contributed by atoms with Gasteiger partial charge in [-0.05, 0) is 74.4 Å². The average molecular weight is 386 g/mol. The normalized spacial score (nSPS) is 17.1.